The average molecular weight is 303 g/mol. The third kappa shape index (κ3) is 4.38. The largest absolute Gasteiger partial charge is 0.493 e. The fourth-order valence-electron chi connectivity index (χ4n) is 2.00. The van der Waals surface area contributed by atoms with Gasteiger partial charge in [-0.05, 0) is 35.7 Å². The number of hydrogen-bond donors (Lipinski definition) is 1. The summed E-state index contributed by atoms with van der Waals surface area (Å²) in [7, 11) is 1.62. The molecule has 0 aliphatic heterocycles. The first kappa shape index (κ1) is 16.1. The summed E-state index contributed by atoms with van der Waals surface area (Å²) < 4.78 is 24.7. The van der Waals surface area contributed by atoms with Crippen molar-refractivity contribution < 1.29 is 13.9 Å². The van der Waals surface area contributed by atoms with Crippen LogP contribution in [0.15, 0.2) is 42.5 Å². The quantitative estimate of drug-likeness (QED) is 0.818. The Morgan fingerprint density at radius 2 is 1.86 bits per heavy atom. The molecule has 1 N–H and O–H groups in total. The van der Waals surface area contributed by atoms with E-state index in [0.717, 1.165) is 5.56 Å². The van der Waals surface area contributed by atoms with Crippen molar-refractivity contribution in [3.05, 3.63) is 53.8 Å². The van der Waals surface area contributed by atoms with Crippen LogP contribution in [0.25, 0.3) is 0 Å². The van der Waals surface area contributed by atoms with Gasteiger partial charge in [-0.1, -0.05) is 32.0 Å². The molecule has 0 amide bonds. The summed E-state index contributed by atoms with van der Waals surface area (Å²) in [6.45, 7) is 5.33. The summed E-state index contributed by atoms with van der Waals surface area (Å²) in [4.78, 5) is 0. The summed E-state index contributed by atoms with van der Waals surface area (Å²) in [5.74, 6) is 1.59. The Hall–Kier alpha value is -2.23. The van der Waals surface area contributed by atoms with Gasteiger partial charge in [0.2, 0.25) is 0 Å². The van der Waals surface area contributed by atoms with E-state index >= 15 is 0 Å². The zero-order chi connectivity index (χ0) is 15.9. The summed E-state index contributed by atoms with van der Waals surface area (Å²) in [6.07, 6.45) is 0. The minimum Gasteiger partial charge on any atom is -0.493 e. The van der Waals surface area contributed by atoms with Crippen LogP contribution in [0.5, 0.6) is 11.5 Å². The Kier molecular flexibility index (Phi) is 5.64. The maximum Gasteiger partial charge on any atom is 0.161 e. The molecule has 2 aromatic carbocycles. The fourth-order valence-corrected chi connectivity index (χ4v) is 2.00. The summed E-state index contributed by atoms with van der Waals surface area (Å²) in [5, 5.41) is 3.09. The van der Waals surface area contributed by atoms with Crippen LogP contribution in [0.3, 0.4) is 0 Å². The van der Waals surface area contributed by atoms with E-state index in [4.69, 9.17) is 9.47 Å². The van der Waals surface area contributed by atoms with E-state index in [2.05, 4.69) is 19.2 Å². The molecular weight excluding hydrogens is 281 g/mol. The number of anilines is 1. The lowest BCUT2D eigenvalue weighted by Crippen LogP contribution is -2.07. The molecule has 0 heterocycles. The third-order valence-corrected chi connectivity index (χ3v) is 3.16. The number of methoxy groups -OCH3 is 1. The van der Waals surface area contributed by atoms with Crippen molar-refractivity contribution in [1.82, 2.24) is 0 Å². The molecule has 118 valence electrons. The van der Waals surface area contributed by atoms with Crippen molar-refractivity contribution in [2.45, 2.75) is 20.4 Å². The van der Waals surface area contributed by atoms with E-state index in [1.807, 2.05) is 18.2 Å². The summed E-state index contributed by atoms with van der Waals surface area (Å²) in [5.41, 5.74) is 1.49. The van der Waals surface area contributed by atoms with Gasteiger partial charge in [0.05, 0.1) is 19.4 Å². The topological polar surface area (TPSA) is 30.5 Å². The first-order chi connectivity index (χ1) is 10.6. The van der Waals surface area contributed by atoms with Crippen LogP contribution in [-0.2, 0) is 6.54 Å². The Morgan fingerprint density at radius 1 is 1.09 bits per heavy atom. The van der Waals surface area contributed by atoms with Crippen LogP contribution in [0.1, 0.15) is 19.4 Å². The first-order valence-corrected chi connectivity index (χ1v) is 7.38. The number of ether oxygens (including phenoxy) is 2. The third-order valence-electron chi connectivity index (χ3n) is 3.16. The molecule has 0 bridgehead atoms. The van der Waals surface area contributed by atoms with Gasteiger partial charge >= 0.3 is 0 Å². The average Bonchev–Trinajstić information content (AvgIpc) is 2.52. The van der Waals surface area contributed by atoms with E-state index in [-0.39, 0.29) is 5.82 Å². The number of nitrogens with one attached hydrogen (secondary N) is 1. The van der Waals surface area contributed by atoms with Gasteiger partial charge in [0.1, 0.15) is 5.82 Å². The van der Waals surface area contributed by atoms with Crippen LogP contribution >= 0.6 is 0 Å². The monoisotopic (exact) mass is 303 g/mol. The minimum absolute atomic E-state index is 0.257. The predicted octanol–water partition coefficient (Wildman–Crippen LogP) is 4.48. The molecule has 0 fully saturated rings. The molecule has 2 aromatic rings. The highest BCUT2D eigenvalue weighted by Gasteiger charge is 2.07. The highest BCUT2D eigenvalue weighted by Crippen LogP contribution is 2.29. The lowest BCUT2D eigenvalue weighted by atomic mass is 10.2. The van der Waals surface area contributed by atoms with Gasteiger partial charge in [-0.15, -0.1) is 0 Å². The standard InChI is InChI=1S/C18H22FNO2/c1-13(2)12-22-18-10-14(8-9-17(18)21-3)11-20-16-7-5-4-6-15(16)19/h4-10,13,20H,11-12H2,1-3H3. The Balaban J connectivity index is 2.08. The first-order valence-electron chi connectivity index (χ1n) is 7.38. The molecule has 22 heavy (non-hydrogen) atoms. The van der Waals surface area contributed by atoms with Gasteiger partial charge in [0, 0.05) is 6.54 Å². The molecule has 0 radical (unpaired) electrons. The van der Waals surface area contributed by atoms with Crippen molar-refractivity contribution in [3.63, 3.8) is 0 Å². The molecule has 0 spiro atoms. The molecular formula is C18H22FNO2. The van der Waals surface area contributed by atoms with Gasteiger partial charge in [0.15, 0.2) is 11.5 Å². The lowest BCUT2D eigenvalue weighted by Gasteiger charge is -2.14. The molecule has 0 aliphatic rings. The number of rotatable bonds is 7. The molecule has 0 aromatic heterocycles. The lowest BCUT2D eigenvalue weighted by molar-refractivity contribution is 0.256. The number of para-hydroxylation sites is 1. The Morgan fingerprint density at radius 3 is 2.55 bits per heavy atom. The van der Waals surface area contributed by atoms with Crippen LogP contribution < -0.4 is 14.8 Å². The normalized spacial score (nSPS) is 10.6. The van der Waals surface area contributed by atoms with Crippen molar-refractivity contribution in [3.8, 4) is 11.5 Å². The number of halogens is 1. The molecule has 2 rings (SSSR count). The maximum atomic E-state index is 13.6. The van der Waals surface area contributed by atoms with Crippen molar-refractivity contribution >= 4 is 5.69 Å². The molecule has 3 nitrogen and oxygen atoms in total. The van der Waals surface area contributed by atoms with Crippen molar-refractivity contribution in [1.29, 1.82) is 0 Å². The van der Waals surface area contributed by atoms with E-state index in [1.54, 1.807) is 25.3 Å². The molecule has 0 aliphatic carbocycles. The predicted molar refractivity (Wildman–Crippen MR) is 87.1 cm³/mol. The van der Waals surface area contributed by atoms with E-state index in [0.29, 0.717) is 36.3 Å². The van der Waals surface area contributed by atoms with Crippen LogP contribution in [0.4, 0.5) is 10.1 Å². The molecule has 0 saturated heterocycles. The number of hydrogen-bond acceptors (Lipinski definition) is 3. The highest BCUT2D eigenvalue weighted by molar-refractivity contribution is 5.47. The van der Waals surface area contributed by atoms with Gasteiger partial charge in [-0.3, -0.25) is 0 Å². The Labute approximate surface area is 131 Å². The zero-order valence-electron chi connectivity index (χ0n) is 13.2. The van der Waals surface area contributed by atoms with Crippen LogP contribution in [0, 0.1) is 11.7 Å². The maximum absolute atomic E-state index is 13.6. The van der Waals surface area contributed by atoms with Gasteiger partial charge in [-0.2, -0.15) is 0 Å². The molecule has 0 atom stereocenters. The molecule has 0 saturated carbocycles. The number of benzene rings is 2. The zero-order valence-corrected chi connectivity index (χ0v) is 13.2. The van der Waals surface area contributed by atoms with Crippen LogP contribution in [-0.4, -0.2) is 13.7 Å². The molecule has 4 heteroatoms. The van der Waals surface area contributed by atoms with Gasteiger partial charge in [0.25, 0.3) is 0 Å². The Bertz CT molecular complexity index is 614. The van der Waals surface area contributed by atoms with Crippen LogP contribution in [0.2, 0.25) is 0 Å². The van der Waals surface area contributed by atoms with E-state index in [1.165, 1.54) is 6.07 Å². The van der Waals surface area contributed by atoms with E-state index in [9.17, 15) is 4.39 Å². The SMILES string of the molecule is COc1ccc(CNc2ccccc2F)cc1OCC(C)C. The summed E-state index contributed by atoms with van der Waals surface area (Å²) >= 11 is 0. The van der Waals surface area contributed by atoms with Crippen molar-refractivity contribution in [2.75, 3.05) is 19.0 Å². The highest BCUT2D eigenvalue weighted by atomic mass is 19.1. The second-order valence-electron chi connectivity index (χ2n) is 5.52. The van der Waals surface area contributed by atoms with E-state index < -0.39 is 0 Å². The fraction of sp³-hybridized carbons (Fsp3) is 0.333. The second-order valence-corrected chi connectivity index (χ2v) is 5.52. The second kappa shape index (κ2) is 7.69. The molecule has 0 unspecified atom stereocenters. The minimum atomic E-state index is -0.257. The summed E-state index contributed by atoms with van der Waals surface area (Å²) in [6, 6.07) is 12.4. The van der Waals surface area contributed by atoms with Gasteiger partial charge in [-0.25, -0.2) is 4.39 Å². The smallest absolute Gasteiger partial charge is 0.161 e. The van der Waals surface area contributed by atoms with Gasteiger partial charge < -0.3 is 14.8 Å². The van der Waals surface area contributed by atoms with Crippen molar-refractivity contribution in [2.24, 2.45) is 5.92 Å².